The molecule has 2 aromatic heterocycles. The first-order chi connectivity index (χ1) is 15.3. The summed E-state index contributed by atoms with van der Waals surface area (Å²) >= 11 is 1.29. The summed E-state index contributed by atoms with van der Waals surface area (Å²) in [5.41, 5.74) is 3.60. The van der Waals surface area contributed by atoms with Crippen LogP contribution in [0.25, 0.3) is 11.5 Å². The molecule has 3 aromatic rings. The maximum Gasteiger partial charge on any atom is 0.231 e. The summed E-state index contributed by atoms with van der Waals surface area (Å²) < 4.78 is 5.70. The fourth-order valence-corrected chi connectivity index (χ4v) is 4.32. The van der Waals surface area contributed by atoms with E-state index in [1.54, 1.807) is 22.4 Å². The third kappa shape index (κ3) is 4.57. The molecule has 2 N–H and O–H groups in total. The summed E-state index contributed by atoms with van der Waals surface area (Å²) in [7, 11) is 0. The topological polar surface area (TPSA) is 105 Å². The van der Waals surface area contributed by atoms with Crippen molar-refractivity contribution in [2.75, 3.05) is 16.8 Å². The van der Waals surface area contributed by atoms with Crippen molar-refractivity contribution in [1.82, 2.24) is 10.3 Å². The molecule has 0 radical (unpaired) electrons. The average molecular weight is 453 g/mol. The van der Waals surface area contributed by atoms with Gasteiger partial charge in [0.1, 0.15) is 11.5 Å². The number of carbonyl (C=O) groups is 3. The number of benzene rings is 1. The lowest BCUT2D eigenvalue weighted by Crippen LogP contribution is -2.28. The van der Waals surface area contributed by atoms with Crippen LogP contribution < -0.4 is 15.5 Å². The fourth-order valence-electron chi connectivity index (χ4n) is 3.62. The van der Waals surface area contributed by atoms with E-state index in [-0.39, 0.29) is 24.1 Å². The highest BCUT2D eigenvalue weighted by Gasteiger charge is 2.36. The van der Waals surface area contributed by atoms with Gasteiger partial charge in [-0.3, -0.25) is 14.4 Å². The number of carbonyl (C=O) groups excluding carboxylic acids is 3. The molecule has 0 unspecified atom stereocenters. The van der Waals surface area contributed by atoms with E-state index in [9.17, 15) is 14.4 Å². The zero-order valence-electron chi connectivity index (χ0n) is 18.1. The fraction of sp³-hybridized carbons (Fsp3) is 0.304. The first-order valence-electron chi connectivity index (χ1n) is 10.3. The molecule has 1 fully saturated rings. The highest BCUT2D eigenvalue weighted by atomic mass is 32.1. The molecule has 1 saturated heterocycles. The Morgan fingerprint density at radius 3 is 2.84 bits per heavy atom. The lowest BCUT2D eigenvalue weighted by atomic mass is 10.1. The number of nitrogens with zero attached hydrogens (tertiary/aromatic N) is 2. The van der Waals surface area contributed by atoms with Gasteiger partial charge in [0.05, 0.1) is 12.5 Å². The number of hydrogen-bond donors (Lipinski definition) is 2. The van der Waals surface area contributed by atoms with Crippen molar-refractivity contribution in [3.63, 3.8) is 0 Å². The number of anilines is 2. The molecule has 166 valence electrons. The molecule has 3 amide bonds. The molecule has 8 nitrogen and oxygen atoms in total. The Hall–Kier alpha value is -3.46. The molecule has 1 atom stereocenters. The molecule has 0 saturated carbocycles. The molecule has 1 aliphatic rings. The van der Waals surface area contributed by atoms with E-state index in [1.807, 2.05) is 32.0 Å². The summed E-state index contributed by atoms with van der Waals surface area (Å²) in [4.78, 5) is 42.5. The van der Waals surface area contributed by atoms with Crippen LogP contribution in [0.1, 0.15) is 30.2 Å². The van der Waals surface area contributed by atoms with E-state index in [2.05, 4.69) is 15.6 Å². The second-order valence-corrected chi connectivity index (χ2v) is 8.69. The Balaban J connectivity index is 1.40. The van der Waals surface area contributed by atoms with Gasteiger partial charge in [-0.05, 0) is 43.2 Å². The van der Waals surface area contributed by atoms with E-state index in [1.165, 1.54) is 18.3 Å². The van der Waals surface area contributed by atoms with E-state index in [4.69, 9.17) is 4.42 Å². The molecule has 4 rings (SSSR count). The number of amides is 3. The van der Waals surface area contributed by atoms with Crippen LogP contribution >= 0.6 is 11.3 Å². The van der Waals surface area contributed by atoms with Crippen molar-refractivity contribution >= 4 is 39.9 Å². The third-order valence-corrected chi connectivity index (χ3v) is 6.28. The summed E-state index contributed by atoms with van der Waals surface area (Å²) in [5, 5.41) is 7.74. The number of aromatic nitrogens is 1. The van der Waals surface area contributed by atoms with Gasteiger partial charge in [-0.15, -0.1) is 11.3 Å². The predicted octanol–water partition coefficient (Wildman–Crippen LogP) is 3.65. The largest absolute Gasteiger partial charge is 0.458 e. The Kier molecular flexibility index (Phi) is 6.09. The number of furan rings is 1. The van der Waals surface area contributed by atoms with Gasteiger partial charge in [0.2, 0.25) is 17.7 Å². The summed E-state index contributed by atoms with van der Waals surface area (Å²) in [6, 6.07) is 9.39. The SMILES string of the molecule is CC(=O)NCc1ccc(-c2csc(NC(=O)[C@@H]3CC(=O)N(c4cccc(C)c4C)C3)n2)o1. The summed E-state index contributed by atoms with van der Waals surface area (Å²) in [6.45, 7) is 6.08. The van der Waals surface area contributed by atoms with Gasteiger partial charge in [0, 0.05) is 31.0 Å². The van der Waals surface area contributed by atoms with Gasteiger partial charge in [-0.2, -0.15) is 0 Å². The minimum atomic E-state index is -0.442. The van der Waals surface area contributed by atoms with Crippen LogP contribution in [0.5, 0.6) is 0 Å². The Morgan fingerprint density at radius 2 is 2.06 bits per heavy atom. The van der Waals surface area contributed by atoms with Crippen LogP contribution in [0.2, 0.25) is 0 Å². The predicted molar refractivity (Wildman–Crippen MR) is 122 cm³/mol. The Bertz CT molecular complexity index is 1180. The minimum absolute atomic E-state index is 0.0547. The first-order valence-corrected chi connectivity index (χ1v) is 11.2. The van der Waals surface area contributed by atoms with E-state index < -0.39 is 5.92 Å². The van der Waals surface area contributed by atoms with Gasteiger partial charge in [-0.25, -0.2) is 4.98 Å². The van der Waals surface area contributed by atoms with Crippen molar-refractivity contribution in [1.29, 1.82) is 0 Å². The lowest BCUT2D eigenvalue weighted by Gasteiger charge is -2.20. The number of hydrogen-bond acceptors (Lipinski definition) is 6. The molecule has 1 aliphatic heterocycles. The van der Waals surface area contributed by atoms with Crippen molar-refractivity contribution in [2.45, 2.75) is 33.7 Å². The molecular weight excluding hydrogens is 428 g/mol. The van der Waals surface area contributed by atoms with E-state index in [0.29, 0.717) is 35.4 Å². The van der Waals surface area contributed by atoms with Crippen molar-refractivity contribution in [3.05, 3.63) is 52.6 Å². The van der Waals surface area contributed by atoms with Crippen LogP contribution in [0.4, 0.5) is 10.8 Å². The number of thiazole rings is 1. The molecule has 0 spiro atoms. The van der Waals surface area contributed by atoms with Crippen LogP contribution in [0, 0.1) is 19.8 Å². The molecule has 0 aliphatic carbocycles. The van der Waals surface area contributed by atoms with E-state index >= 15 is 0 Å². The zero-order valence-corrected chi connectivity index (χ0v) is 18.9. The average Bonchev–Trinajstić information content (AvgIpc) is 3.48. The van der Waals surface area contributed by atoms with Crippen molar-refractivity contribution < 1.29 is 18.8 Å². The maximum absolute atomic E-state index is 12.8. The lowest BCUT2D eigenvalue weighted by molar-refractivity contribution is -0.122. The summed E-state index contributed by atoms with van der Waals surface area (Å²) in [6.07, 6.45) is 0.169. The standard InChI is InChI=1S/C23H24N4O4S/c1-13-5-4-6-19(14(13)2)27-11-16(9-21(27)29)22(30)26-23-25-18(12-32-23)20-8-7-17(31-20)10-24-15(3)28/h4-8,12,16H,9-11H2,1-3H3,(H,24,28)(H,25,26,30)/t16-/m1/s1. The third-order valence-electron chi connectivity index (χ3n) is 5.52. The minimum Gasteiger partial charge on any atom is -0.458 e. The Morgan fingerprint density at radius 1 is 1.25 bits per heavy atom. The zero-order chi connectivity index (χ0) is 22.8. The summed E-state index contributed by atoms with van der Waals surface area (Å²) in [5.74, 6) is 0.314. The normalized spacial score (nSPS) is 15.8. The van der Waals surface area contributed by atoms with Gasteiger partial charge < -0.3 is 20.0 Å². The number of rotatable bonds is 6. The van der Waals surface area contributed by atoms with Gasteiger partial charge >= 0.3 is 0 Å². The monoisotopic (exact) mass is 452 g/mol. The maximum atomic E-state index is 12.8. The second-order valence-electron chi connectivity index (χ2n) is 7.83. The first kappa shape index (κ1) is 21.8. The number of aryl methyl sites for hydroxylation is 1. The Labute approximate surface area is 189 Å². The molecule has 9 heteroatoms. The highest BCUT2D eigenvalue weighted by Crippen LogP contribution is 2.31. The quantitative estimate of drug-likeness (QED) is 0.594. The van der Waals surface area contributed by atoms with Crippen LogP contribution in [-0.4, -0.2) is 29.3 Å². The highest BCUT2D eigenvalue weighted by molar-refractivity contribution is 7.14. The molecule has 0 bridgehead atoms. The van der Waals surface area contributed by atoms with Gasteiger partial charge in [0.25, 0.3) is 0 Å². The van der Waals surface area contributed by atoms with Crippen molar-refractivity contribution in [2.24, 2.45) is 5.92 Å². The van der Waals surface area contributed by atoms with E-state index in [0.717, 1.165) is 16.8 Å². The van der Waals surface area contributed by atoms with Gasteiger partial charge in [0.15, 0.2) is 10.9 Å². The molecule has 3 heterocycles. The number of nitrogens with one attached hydrogen (secondary N) is 2. The molecular formula is C23H24N4O4S. The molecule has 1 aromatic carbocycles. The van der Waals surface area contributed by atoms with Crippen molar-refractivity contribution in [3.8, 4) is 11.5 Å². The van der Waals surface area contributed by atoms with Gasteiger partial charge in [-0.1, -0.05) is 12.1 Å². The molecule has 32 heavy (non-hydrogen) atoms. The van der Waals surface area contributed by atoms with Crippen LogP contribution in [-0.2, 0) is 20.9 Å². The second kappa shape index (κ2) is 8.96. The van der Waals surface area contributed by atoms with Crippen LogP contribution in [0.3, 0.4) is 0 Å². The van der Waals surface area contributed by atoms with Crippen LogP contribution in [0.15, 0.2) is 40.1 Å². The smallest absolute Gasteiger partial charge is 0.231 e.